The predicted molar refractivity (Wildman–Crippen MR) is 102 cm³/mol. The Morgan fingerprint density at radius 2 is 2.00 bits per heavy atom. The van der Waals surface area contributed by atoms with E-state index in [1.807, 2.05) is 13.0 Å². The molecular weight excluding hydrogens is 342 g/mol. The highest BCUT2D eigenvalue weighted by Crippen LogP contribution is 2.26. The number of benzene rings is 1. The third-order valence-corrected chi connectivity index (χ3v) is 5.41. The van der Waals surface area contributed by atoms with Gasteiger partial charge in [-0.25, -0.2) is 4.79 Å². The molecule has 1 N–H and O–H groups in total. The molecule has 1 saturated heterocycles. The van der Waals surface area contributed by atoms with Gasteiger partial charge in [0.05, 0.1) is 11.8 Å². The molecule has 3 heterocycles. The molecule has 2 aromatic heterocycles. The van der Waals surface area contributed by atoms with E-state index in [9.17, 15) is 9.90 Å². The number of likely N-dealkylation sites (tertiary alicyclic amines) is 1. The zero-order valence-electron chi connectivity index (χ0n) is 15.6. The van der Waals surface area contributed by atoms with E-state index < -0.39 is 6.10 Å². The average molecular weight is 365 g/mol. The minimum absolute atomic E-state index is 0.108. The summed E-state index contributed by atoms with van der Waals surface area (Å²) in [6.07, 6.45) is 5.35. The Morgan fingerprint density at radius 3 is 2.78 bits per heavy atom. The molecule has 0 radical (unpaired) electrons. The first kappa shape index (κ1) is 17.8. The summed E-state index contributed by atoms with van der Waals surface area (Å²) in [7, 11) is 0. The molecule has 0 spiro atoms. The van der Waals surface area contributed by atoms with Gasteiger partial charge in [-0.05, 0) is 49.1 Å². The van der Waals surface area contributed by atoms with Crippen LogP contribution in [0.1, 0.15) is 22.4 Å². The number of β-amino-alcohol motifs (C(OH)–C–C–N with tert-alkyl or cyclic N) is 1. The molecule has 1 aliphatic heterocycles. The zero-order valence-corrected chi connectivity index (χ0v) is 15.6. The molecule has 1 fully saturated rings. The van der Waals surface area contributed by atoms with Crippen molar-refractivity contribution in [1.82, 2.24) is 14.9 Å². The van der Waals surface area contributed by atoms with Gasteiger partial charge in [0.2, 0.25) is 0 Å². The highest BCUT2D eigenvalue weighted by atomic mass is 16.4. The van der Waals surface area contributed by atoms with E-state index in [1.54, 1.807) is 24.7 Å². The molecule has 0 aliphatic carbocycles. The van der Waals surface area contributed by atoms with Crippen molar-refractivity contribution >= 4 is 11.0 Å². The Morgan fingerprint density at radius 1 is 1.19 bits per heavy atom. The maximum Gasteiger partial charge on any atom is 0.336 e. The predicted octanol–water partition coefficient (Wildman–Crippen LogP) is 2.24. The van der Waals surface area contributed by atoms with Crippen LogP contribution in [0.4, 0.5) is 0 Å². The highest BCUT2D eigenvalue weighted by molar-refractivity contribution is 5.81. The summed E-state index contributed by atoms with van der Waals surface area (Å²) in [6.45, 7) is 6.01. The van der Waals surface area contributed by atoms with Gasteiger partial charge in [0, 0.05) is 55.6 Å². The van der Waals surface area contributed by atoms with Crippen LogP contribution in [0.15, 0.2) is 46.0 Å². The fraction of sp³-hybridized carbons (Fsp3) is 0.381. The van der Waals surface area contributed by atoms with Crippen molar-refractivity contribution in [2.24, 2.45) is 5.92 Å². The number of aliphatic hydroxyl groups is 1. The normalized spacial score (nSPS) is 20.4. The van der Waals surface area contributed by atoms with Gasteiger partial charge in [-0.3, -0.25) is 14.9 Å². The number of aromatic nitrogens is 2. The first-order valence-electron chi connectivity index (χ1n) is 9.19. The van der Waals surface area contributed by atoms with Crippen LogP contribution in [-0.4, -0.2) is 39.2 Å². The molecule has 140 valence electrons. The van der Waals surface area contributed by atoms with Crippen LogP contribution in [0.3, 0.4) is 0 Å². The molecule has 0 bridgehead atoms. The van der Waals surface area contributed by atoms with E-state index in [0.29, 0.717) is 25.1 Å². The smallest absolute Gasteiger partial charge is 0.336 e. The third kappa shape index (κ3) is 3.77. The molecular formula is C21H23N3O3. The van der Waals surface area contributed by atoms with Crippen LogP contribution in [0, 0.1) is 19.8 Å². The fourth-order valence-corrected chi connectivity index (χ4v) is 3.83. The van der Waals surface area contributed by atoms with Crippen molar-refractivity contribution in [3.05, 3.63) is 69.6 Å². The maximum absolute atomic E-state index is 12.0. The molecule has 4 rings (SSSR count). The summed E-state index contributed by atoms with van der Waals surface area (Å²) in [5.41, 5.74) is 4.38. The second kappa shape index (κ2) is 7.21. The molecule has 6 nitrogen and oxygen atoms in total. The van der Waals surface area contributed by atoms with Crippen molar-refractivity contribution in [2.75, 3.05) is 13.1 Å². The quantitative estimate of drug-likeness (QED) is 0.715. The average Bonchev–Trinajstić information content (AvgIpc) is 2.96. The summed E-state index contributed by atoms with van der Waals surface area (Å²) < 4.78 is 5.39. The van der Waals surface area contributed by atoms with E-state index >= 15 is 0 Å². The minimum atomic E-state index is -0.414. The van der Waals surface area contributed by atoms with Crippen LogP contribution in [0.5, 0.6) is 0 Å². The summed E-state index contributed by atoms with van der Waals surface area (Å²) in [6, 6.07) is 5.57. The SMILES string of the molecule is Cc1cc2oc(=O)cc(CN3C[C@@H](Cc4cnccn4)[C@H](O)C3)c2cc1C. The van der Waals surface area contributed by atoms with E-state index in [-0.39, 0.29) is 11.5 Å². The third-order valence-electron chi connectivity index (χ3n) is 5.41. The lowest BCUT2D eigenvalue weighted by atomic mass is 10.0. The molecule has 1 aromatic carbocycles. The molecule has 0 unspecified atom stereocenters. The van der Waals surface area contributed by atoms with Gasteiger partial charge in [-0.2, -0.15) is 0 Å². The lowest BCUT2D eigenvalue weighted by Gasteiger charge is -2.17. The molecule has 6 heteroatoms. The summed E-state index contributed by atoms with van der Waals surface area (Å²) in [5.74, 6) is 0.108. The molecule has 1 aliphatic rings. The Labute approximate surface area is 157 Å². The van der Waals surface area contributed by atoms with Crippen molar-refractivity contribution in [3.8, 4) is 0 Å². The highest BCUT2D eigenvalue weighted by Gasteiger charge is 2.32. The largest absolute Gasteiger partial charge is 0.423 e. The Kier molecular flexibility index (Phi) is 4.76. The molecule has 2 atom stereocenters. The number of aryl methyl sites for hydroxylation is 2. The maximum atomic E-state index is 12.0. The number of nitrogens with zero attached hydrogens (tertiary/aromatic N) is 3. The van der Waals surface area contributed by atoms with Crippen LogP contribution in [0.2, 0.25) is 0 Å². The van der Waals surface area contributed by atoms with Gasteiger partial charge in [0.1, 0.15) is 5.58 Å². The number of hydrogen-bond acceptors (Lipinski definition) is 6. The number of aliphatic hydroxyl groups excluding tert-OH is 1. The Bertz CT molecular complexity index is 1020. The molecule has 27 heavy (non-hydrogen) atoms. The Balaban J connectivity index is 1.56. The van der Waals surface area contributed by atoms with Crippen molar-refractivity contribution < 1.29 is 9.52 Å². The second-order valence-electron chi connectivity index (χ2n) is 7.45. The fourth-order valence-electron chi connectivity index (χ4n) is 3.83. The van der Waals surface area contributed by atoms with Crippen molar-refractivity contribution in [1.29, 1.82) is 0 Å². The first-order valence-corrected chi connectivity index (χ1v) is 9.19. The van der Waals surface area contributed by atoms with Crippen molar-refractivity contribution in [2.45, 2.75) is 32.9 Å². The van der Waals surface area contributed by atoms with Crippen LogP contribution in [-0.2, 0) is 13.0 Å². The number of fused-ring (bicyclic) bond motifs is 1. The second-order valence-corrected chi connectivity index (χ2v) is 7.45. The van der Waals surface area contributed by atoms with Gasteiger partial charge < -0.3 is 9.52 Å². The van der Waals surface area contributed by atoms with Crippen LogP contribution < -0.4 is 5.63 Å². The molecule has 0 amide bonds. The van der Waals surface area contributed by atoms with Crippen molar-refractivity contribution in [3.63, 3.8) is 0 Å². The number of rotatable bonds is 4. The first-order chi connectivity index (χ1) is 13.0. The number of hydrogen-bond donors (Lipinski definition) is 1. The summed E-state index contributed by atoms with van der Waals surface area (Å²) >= 11 is 0. The van der Waals surface area contributed by atoms with E-state index in [1.165, 1.54) is 5.56 Å². The summed E-state index contributed by atoms with van der Waals surface area (Å²) in [4.78, 5) is 22.6. The van der Waals surface area contributed by atoms with Gasteiger partial charge in [-0.1, -0.05) is 0 Å². The molecule has 0 saturated carbocycles. The van der Waals surface area contributed by atoms with Gasteiger partial charge in [0.25, 0.3) is 0 Å². The monoisotopic (exact) mass is 365 g/mol. The topological polar surface area (TPSA) is 79.5 Å². The lowest BCUT2D eigenvalue weighted by molar-refractivity contribution is 0.140. The Hall–Kier alpha value is -2.57. The van der Waals surface area contributed by atoms with Crippen LogP contribution >= 0.6 is 0 Å². The van der Waals surface area contributed by atoms with E-state index in [4.69, 9.17) is 4.42 Å². The zero-order chi connectivity index (χ0) is 19.0. The van der Waals surface area contributed by atoms with Gasteiger partial charge in [0.15, 0.2) is 0 Å². The standard InChI is InChI=1S/C21H23N3O3/c1-13-5-18-15(8-21(26)27-20(18)6-14(13)2)10-24-11-16(19(25)12-24)7-17-9-22-3-4-23-17/h3-6,8-9,16,19,25H,7,10-12H2,1-2H3/t16-,19-/m1/s1. The summed E-state index contributed by atoms with van der Waals surface area (Å²) in [5, 5.41) is 11.4. The van der Waals surface area contributed by atoms with E-state index in [0.717, 1.165) is 28.8 Å². The van der Waals surface area contributed by atoms with Gasteiger partial charge in [-0.15, -0.1) is 0 Å². The van der Waals surface area contributed by atoms with Gasteiger partial charge >= 0.3 is 5.63 Å². The minimum Gasteiger partial charge on any atom is -0.423 e. The van der Waals surface area contributed by atoms with Crippen LogP contribution in [0.25, 0.3) is 11.0 Å². The lowest BCUT2D eigenvalue weighted by Crippen LogP contribution is -2.22. The van der Waals surface area contributed by atoms with E-state index in [2.05, 4.69) is 27.9 Å². The molecule has 3 aromatic rings.